The minimum atomic E-state index is -0.262. The topological polar surface area (TPSA) is 77.0 Å². The number of carbonyl (C=O) groups is 1. The Morgan fingerprint density at radius 1 is 0.929 bits per heavy atom. The molecule has 2 heterocycles. The van der Waals surface area contributed by atoms with Crippen LogP contribution in [-0.2, 0) is 4.79 Å². The normalized spacial score (nSPS) is 10.6. The molecule has 4 rings (SSSR count). The molecule has 28 heavy (non-hydrogen) atoms. The number of nitrogens with zero attached hydrogens (tertiary/aromatic N) is 3. The highest BCUT2D eigenvalue weighted by Crippen LogP contribution is 2.22. The number of hydrogen-bond acceptors (Lipinski definition) is 5. The molecule has 0 spiro atoms. The fourth-order valence-corrected chi connectivity index (χ4v) is 2.76. The van der Waals surface area contributed by atoms with Crippen LogP contribution in [0.5, 0.6) is 5.75 Å². The Kier molecular flexibility index (Phi) is 4.93. The lowest BCUT2D eigenvalue weighted by Crippen LogP contribution is -2.20. The second kappa shape index (κ2) is 7.84. The van der Waals surface area contributed by atoms with E-state index in [9.17, 15) is 4.79 Å². The van der Waals surface area contributed by atoms with Crippen molar-refractivity contribution < 1.29 is 9.53 Å². The number of aryl methyl sites for hydroxylation is 1. The van der Waals surface area contributed by atoms with Gasteiger partial charge >= 0.3 is 0 Å². The number of ether oxygens (including phenoxy) is 1. The Bertz CT molecular complexity index is 1130. The number of carbonyl (C=O) groups excluding carboxylic acids is 1. The lowest BCUT2D eigenvalue weighted by Gasteiger charge is -2.08. The summed E-state index contributed by atoms with van der Waals surface area (Å²) >= 11 is 0. The number of rotatable bonds is 5. The molecule has 0 unspecified atom stereocenters. The van der Waals surface area contributed by atoms with Crippen LogP contribution in [0.15, 0.2) is 72.9 Å². The maximum atomic E-state index is 12.0. The third-order valence-corrected chi connectivity index (χ3v) is 4.12. The van der Waals surface area contributed by atoms with Crippen LogP contribution in [0.25, 0.3) is 22.3 Å². The van der Waals surface area contributed by atoms with Crippen molar-refractivity contribution >= 4 is 22.8 Å². The molecule has 2 aromatic heterocycles. The second-order valence-corrected chi connectivity index (χ2v) is 6.27. The first-order valence-electron chi connectivity index (χ1n) is 8.86. The average molecular weight is 370 g/mol. The molecule has 4 aromatic rings. The van der Waals surface area contributed by atoms with E-state index in [1.54, 1.807) is 12.3 Å². The minimum absolute atomic E-state index is 0.0925. The summed E-state index contributed by atoms with van der Waals surface area (Å²) in [5.74, 6) is 0.853. The van der Waals surface area contributed by atoms with Gasteiger partial charge in [0, 0.05) is 11.3 Å². The van der Waals surface area contributed by atoms with Crippen LogP contribution in [0.4, 0.5) is 5.82 Å². The average Bonchev–Trinajstić information content (AvgIpc) is 2.72. The molecule has 6 heteroatoms. The van der Waals surface area contributed by atoms with E-state index >= 15 is 0 Å². The lowest BCUT2D eigenvalue weighted by atomic mass is 10.1. The summed E-state index contributed by atoms with van der Waals surface area (Å²) in [5, 5.41) is 2.71. The van der Waals surface area contributed by atoms with Crippen LogP contribution in [0.2, 0.25) is 0 Å². The first kappa shape index (κ1) is 17.6. The Balaban J connectivity index is 1.39. The van der Waals surface area contributed by atoms with Gasteiger partial charge < -0.3 is 10.1 Å². The van der Waals surface area contributed by atoms with Gasteiger partial charge in [0.25, 0.3) is 5.91 Å². The number of amides is 1. The highest BCUT2D eigenvalue weighted by atomic mass is 16.5. The van der Waals surface area contributed by atoms with Crippen molar-refractivity contribution in [1.82, 2.24) is 15.0 Å². The Labute approximate surface area is 162 Å². The van der Waals surface area contributed by atoms with E-state index in [0.717, 1.165) is 28.0 Å². The fourth-order valence-electron chi connectivity index (χ4n) is 2.76. The van der Waals surface area contributed by atoms with E-state index in [4.69, 9.17) is 4.74 Å². The van der Waals surface area contributed by atoms with Crippen LogP contribution in [0.1, 0.15) is 5.69 Å². The van der Waals surface area contributed by atoms with Crippen molar-refractivity contribution in [1.29, 1.82) is 0 Å². The van der Waals surface area contributed by atoms with Crippen LogP contribution in [-0.4, -0.2) is 27.5 Å². The number of nitrogens with one attached hydrogen (secondary N) is 1. The van der Waals surface area contributed by atoms with Crippen molar-refractivity contribution in [3.05, 3.63) is 78.6 Å². The number of pyridine rings is 1. The standard InChI is InChI=1S/C22H18N4O2/c1-15-5-4-8-21(24-15)26-22(27)14-28-17-11-9-16(10-12-17)20-13-23-18-6-2-3-7-19(18)25-20/h2-13H,14H2,1H3,(H,24,26,27). The number of hydrogen-bond donors (Lipinski definition) is 1. The number of anilines is 1. The summed E-state index contributed by atoms with van der Waals surface area (Å²) in [4.78, 5) is 25.3. The van der Waals surface area contributed by atoms with Gasteiger partial charge in [0.2, 0.25) is 0 Å². The number of aromatic nitrogens is 3. The summed E-state index contributed by atoms with van der Waals surface area (Å²) < 4.78 is 5.56. The number of benzene rings is 2. The first-order valence-corrected chi connectivity index (χ1v) is 8.86. The molecule has 0 aliphatic carbocycles. The predicted molar refractivity (Wildman–Crippen MR) is 108 cm³/mol. The second-order valence-electron chi connectivity index (χ2n) is 6.27. The molecule has 138 valence electrons. The molecule has 0 saturated carbocycles. The van der Waals surface area contributed by atoms with Gasteiger partial charge in [-0.1, -0.05) is 18.2 Å². The minimum Gasteiger partial charge on any atom is -0.484 e. The molecule has 0 radical (unpaired) electrons. The van der Waals surface area contributed by atoms with Crippen LogP contribution >= 0.6 is 0 Å². The summed E-state index contributed by atoms with van der Waals surface area (Å²) in [6, 6.07) is 20.6. The zero-order valence-electron chi connectivity index (χ0n) is 15.3. The fraction of sp³-hybridized carbons (Fsp3) is 0.0909. The molecule has 0 bridgehead atoms. The zero-order chi connectivity index (χ0) is 19.3. The largest absolute Gasteiger partial charge is 0.484 e. The van der Waals surface area contributed by atoms with Gasteiger partial charge in [0.05, 0.1) is 22.9 Å². The molecule has 1 N–H and O–H groups in total. The number of para-hydroxylation sites is 2. The van der Waals surface area contributed by atoms with Gasteiger partial charge in [-0.25, -0.2) is 9.97 Å². The monoisotopic (exact) mass is 370 g/mol. The molecule has 1 amide bonds. The molecule has 0 fully saturated rings. The predicted octanol–water partition coefficient (Wildman–Crippen LogP) is 4.02. The van der Waals surface area contributed by atoms with Gasteiger partial charge in [0.15, 0.2) is 6.61 Å². The summed E-state index contributed by atoms with van der Waals surface area (Å²) in [6.07, 6.45) is 1.75. The Morgan fingerprint density at radius 3 is 2.50 bits per heavy atom. The van der Waals surface area contributed by atoms with E-state index in [0.29, 0.717) is 11.6 Å². The molecule has 0 aliphatic rings. The highest BCUT2D eigenvalue weighted by Gasteiger charge is 2.06. The molecule has 0 aliphatic heterocycles. The quantitative estimate of drug-likeness (QED) is 0.574. The molecular weight excluding hydrogens is 352 g/mol. The van der Waals surface area contributed by atoms with Crippen LogP contribution in [0.3, 0.4) is 0 Å². The van der Waals surface area contributed by atoms with E-state index in [-0.39, 0.29) is 12.5 Å². The van der Waals surface area contributed by atoms with Crippen molar-refractivity contribution in [2.24, 2.45) is 0 Å². The van der Waals surface area contributed by atoms with Crippen LogP contribution in [0, 0.1) is 6.92 Å². The third-order valence-electron chi connectivity index (χ3n) is 4.12. The van der Waals surface area contributed by atoms with Gasteiger partial charge in [-0.15, -0.1) is 0 Å². The van der Waals surface area contributed by atoms with Gasteiger partial charge in [-0.05, 0) is 55.5 Å². The Morgan fingerprint density at radius 2 is 1.71 bits per heavy atom. The van der Waals surface area contributed by atoms with Gasteiger partial charge in [-0.3, -0.25) is 9.78 Å². The van der Waals surface area contributed by atoms with E-state index in [1.165, 1.54) is 0 Å². The van der Waals surface area contributed by atoms with Crippen molar-refractivity contribution in [3.63, 3.8) is 0 Å². The maximum absolute atomic E-state index is 12.0. The number of fused-ring (bicyclic) bond motifs is 1. The summed E-state index contributed by atoms with van der Waals surface area (Å²) in [6.45, 7) is 1.78. The van der Waals surface area contributed by atoms with E-state index < -0.39 is 0 Å². The molecule has 6 nitrogen and oxygen atoms in total. The molecule has 0 atom stereocenters. The first-order chi connectivity index (χ1) is 13.7. The van der Waals surface area contributed by atoms with Crippen LogP contribution < -0.4 is 10.1 Å². The Hall–Kier alpha value is -3.80. The van der Waals surface area contributed by atoms with E-state index in [2.05, 4.69) is 20.3 Å². The summed E-state index contributed by atoms with van der Waals surface area (Å²) in [7, 11) is 0. The van der Waals surface area contributed by atoms with Gasteiger partial charge in [0.1, 0.15) is 11.6 Å². The van der Waals surface area contributed by atoms with Crippen molar-refractivity contribution in [2.45, 2.75) is 6.92 Å². The zero-order valence-corrected chi connectivity index (χ0v) is 15.3. The lowest BCUT2D eigenvalue weighted by molar-refractivity contribution is -0.118. The van der Waals surface area contributed by atoms with Crippen molar-refractivity contribution in [2.75, 3.05) is 11.9 Å². The molecular formula is C22H18N4O2. The van der Waals surface area contributed by atoms with Gasteiger partial charge in [-0.2, -0.15) is 0 Å². The third kappa shape index (κ3) is 4.12. The highest BCUT2D eigenvalue weighted by molar-refractivity contribution is 5.91. The molecule has 0 saturated heterocycles. The van der Waals surface area contributed by atoms with Crippen molar-refractivity contribution in [3.8, 4) is 17.0 Å². The SMILES string of the molecule is Cc1cccc(NC(=O)COc2ccc(-c3cnc4ccccc4n3)cc2)n1. The maximum Gasteiger partial charge on any atom is 0.263 e. The van der Waals surface area contributed by atoms with E-state index in [1.807, 2.05) is 67.6 Å². The summed E-state index contributed by atoms with van der Waals surface area (Å²) in [5.41, 5.74) is 4.26. The smallest absolute Gasteiger partial charge is 0.263 e. The molecule has 2 aromatic carbocycles.